The summed E-state index contributed by atoms with van der Waals surface area (Å²) < 4.78 is 41.9. The number of carbonyl (C=O) groups excluding carboxylic acids is 1. The first kappa shape index (κ1) is 14.6. The largest absolute Gasteiger partial charge is 0.434 e. The van der Waals surface area contributed by atoms with Crippen LogP contribution in [0.5, 0.6) is 5.75 Å². The van der Waals surface area contributed by atoms with Gasteiger partial charge in [0.25, 0.3) is 5.91 Å². The third kappa shape index (κ3) is 3.41. The van der Waals surface area contributed by atoms with E-state index in [-0.39, 0.29) is 11.6 Å². The third-order valence-corrected chi connectivity index (χ3v) is 3.14. The monoisotopic (exact) mass is 288 g/mol. The fraction of sp³-hybridized carbons (Fsp3) is 0.462. The quantitative estimate of drug-likeness (QED) is 0.925. The second-order valence-corrected chi connectivity index (χ2v) is 4.67. The molecule has 1 aromatic rings. The maximum Gasteiger partial charge on any atom is 0.387 e. The number of ether oxygens (including phenoxy) is 1. The second kappa shape index (κ2) is 6.13. The smallest absolute Gasteiger partial charge is 0.387 e. The van der Waals surface area contributed by atoms with Crippen LogP contribution >= 0.6 is 0 Å². The van der Waals surface area contributed by atoms with Crippen molar-refractivity contribution < 1.29 is 22.7 Å². The molecule has 1 heterocycles. The Kier molecular flexibility index (Phi) is 4.49. The van der Waals surface area contributed by atoms with Gasteiger partial charge in [-0.05, 0) is 25.0 Å². The molecule has 0 aliphatic carbocycles. The maximum atomic E-state index is 13.1. The molecule has 0 radical (unpaired) electrons. The highest BCUT2D eigenvalue weighted by Gasteiger charge is 2.25. The molecule has 2 rings (SSSR count). The molecule has 1 saturated heterocycles. The minimum atomic E-state index is -3.12. The first-order chi connectivity index (χ1) is 9.47. The lowest BCUT2D eigenvalue weighted by molar-refractivity contribution is -0.0504. The normalized spacial score (nSPS) is 19.2. The van der Waals surface area contributed by atoms with Gasteiger partial charge in [-0.15, -0.1) is 0 Å². The third-order valence-electron chi connectivity index (χ3n) is 3.14. The van der Waals surface area contributed by atoms with E-state index in [0.717, 1.165) is 31.0 Å². The average Bonchev–Trinajstić information content (AvgIpc) is 2.37. The fourth-order valence-corrected chi connectivity index (χ4v) is 2.23. The van der Waals surface area contributed by atoms with Gasteiger partial charge >= 0.3 is 6.61 Å². The first-order valence-electron chi connectivity index (χ1n) is 6.26. The van der Waals surface area contributed by atoms with Gasteiger partial charge in [-0.1, -0.05) is 0 Å². The maximum absolute atomic E-state index is 13.1. The van der Waals surface area contributed by atoms with Crippen molar-refractivity contribution in [2.24, 2.45) is 5.73 Å². The Morgan fingerprint density at radius 2 is 2.20 bits per heavy atom. The highest BCUT2D eigenvalue weighted by Crippen LogP contribution is 2.24. The highest BCUT2D eigenvalue weighted by molar-refractivity contribution is 5.97. The van der Waals surface area contributed by atoms with Crippen molar-refractivity contribution >= 4 is 5.91 Å². The lowest BCUT2D eigenvalue weighted by atomic mass is 10.0. The molecule has 1 aromatic carbocycles. The average molecular weight is 288 g/mol. The van der Waals surface area contributed by atoms with Crippen molar-refractivity contribution in [2.75, 3.05) is 13.1 Å². The van der Waals surface area contributed by atoms with Crippen molar-refractivity contribution in [1.29, 1.82) is 0 Å². The summed E-state index contributed by atoms with van der Waals surface area (Å²) in [5.41, 5.74) is 5.70. The molecular weight excluding hydrogens is 273 g/mol. The van der Waals surface area contributed by atoms with E-state index in [9.17, 15) is 18.0 Å². The Labute approximate surface area is 114 Å². The molecule has 1 fully saturated rings. The van der Waals surface area contributed by atoms with Crippen molar-refractivity contribution in [1.82, 2.24) is 4.90 Å². The summed E-state index contributed by atoms with van der Waals surface area (Å²) in [7, 11) is 0. The number of hydrogen-bond donors (Lipinski definition) is 1. The van der Waals surface area contributed by atoms with Crippen LogP contribution in [0.3, 0.4) is 0 Å². The zero-order valence-electron chi connectivity index (χ0n) is 10.7. The van der Waals surface area contributed by atoms with E-state index in [1.807, 2.05) is 0 Å². The zero-order valence-corrected chi connectivity index (χ0v) is 10.7. The molecule has 7 heteroatoms. The van der Waals surface area contributed by atoms with Gasteiger partial charge in [0.2, 0.25) is 0 Å². The summed E-state index contributed by atoms with van der Waals surface area (Å²) in [5.74, 6) is -1.67. The van der Waals surface area contributed by atoms with Crippen LogP contribution in [-0.4, -0.2) is 36.5 Å². The van der Waals surface area contributed by atoms with E-state index in [1.54, 1.807) is 0 Å². The lowest BCUT2D eigenvalue weighted by Gasteiger charge is -2.31. The summed E-state index contributed by atoms with van der Waals surface area (Å²) in [4.78, 5) is 13.8. The number of nitrogens with two attached hydrogens (primary N) is 1. The number of nitrogens with zero attached hydrogens (tertiary/aromatic N) is 1. The number of benzene rings is 1. The number of likely N-dealkylation sites (tertiary alicyclic amines) is 1. The Hall–Kier alpha value is -1.76. The van der Waals surface area contributed by atoms with Crippen LogP contribution in [0.2, 0.25) is 0 Å². The molecular formula is C13H15F3N2O2. The molecule has 0 bridgehead atoms. The number of rotatable bonds is 3. The second-order valence-electron chi connectivity index (χ2n) is 4.67. The van der Waals surface area contributed by atoms with E-state index in [0.29, 0.717) is 13.1 Å². The van der Waals surface area contributed by atoms with Crippen LogP contribution in [0.4, 0.5) is 13.2 Å². The van der Waals surface area contributed by atoms with Crippen LogP contribution < -0.4 is 10.5 Å². The van der Waals surface area contributed by atoms with Crippen molar-refractivity contribution in [3.63, 3.8) is 0 Å². The van der Waals surface area contributed by atoms with Crippen molar-refractivity contribution in [2.45, 2.75) is 25.5 Å². The molecule has 4 nitrogen and oxygen atoms in total. The van der Waals surface area contributed by atoms with Gasteiger partial charge in [-0.25, -0.2) is 4.39 Å². The van der Waals surface area contributed by atoms with Crippen LogP contribution in [0.25, 0.3) is 0 Å². The van der Waals surface area contributed by atoms with Gasteiger partial charge in [-0.2, -0.15) is 8.78 Å². The van der Waals surface area contributed by atoms with E-state index in [2.05, 4.69) is 4.74 Å². The standard InChI is InChI=1S/C13H15F3N2O2/c14-8-3-4-10(11(6-8)20-13(15)16)12(19)18-5-1-2-9(17)7-18/h3-4,6,9,13H,1-2,5,7,17H2. The van der Waals surface area contributed by atoms with E-state index in [4.69, 9.17) is 5.73 Å². The van der Waals surface area contributed by atoms with E-state index >= 15 is 0 Å². The Bertz CT molecular complexity index is 497. The summed E-state index contributed by atoms with van der Waals surface area (Å²) in [5, 5.41) is 0. The molecule has 20 heavy (non-hydrogen) atoms. The Morgan fingerprint density at radius 3 is 2.85 bits per heavy atom. The Morgan fingerprint density at radius 1 is 1.45 bits per heavy atom. The summed E-state index contributed by atoms with van der Waals surface area (Å²) in [6, 6.07) is 2.83. The van der Waals surface area contributed by atoms with Gasteiger partial charge in [0.05, 0.1) is 5.56 Å². The number of piperidine rings is 1. The molecule has 1 aliphatic rings. The molecule has 0 aromatic heterocycles. The minimum Gasteiger partial charge on any atom is -0.434 e. The zero-order chi connectivity index (χ0) is 14.7. The molecule has 1 atom stereocenters. The molecule has 0 saturated carbocycles. The van der Waals surface area contributed by atoms with Crippen LogP contribution in [0, 0.1) is 5.82 Å². The van der Waals surface area contributed by atoms with Gasteiger partial charge in [0.15, 0.2) is 0 Å². The van der Waals surface area contributed by atoms with E-state index < -0.39 is 24.1 Å². The molecule has 1 aliphatic heterocycles. The Balaban J connectivity index is 2.24. The molecule has 110 valence electrons. The molecule has 1 unspecified atom stereocenters. The topological polar surface area (TPSA) is 55.6 Å². The molecule has 0 spiro atoms. The predicted molar refractivity (Wildman–Crippen MR) is 66.1 cm³/mol. The van der Waals surface area contributed by atoms with Gasteiger partial charge in [0, 0.05) is 25.2 Å². The predicted octanol–water partition coefficient (Wildman–Crippen LogP) is 1.99. The number of carbonyl (C=O) groups is 1. The van der Waals surface area contributed by atoms with Crippen LogP contribution in [0.1, 0.15) is 23.2 Å². The minimum absolute atomic E-state index is 0.0826. The highest BCUT2D eigenvalue weighted by atomic mass is 19.3. The fourth-order valence-electron chi connectivity index (χ4n) is 2.23. The molecule has 1 amide bonds. The van der Waals surface area contributed by atoms with Crippen molar-refractivity contribution in [3.8, 4) is 5.75 Å². The van der Waals surface area contributed by atoms with Crippen molar-refractivity contribution in [3.05, 3.63) is 29.6 Å². The van der Waals surface area contributed by atoms with Gasteiger partial charge < -0.3 is 15.4 Å². The molecule has 2 N–H and O–H groups in total. The summed E-state index contributed by atoms with van der Waals surface area (Å²) in [6.07, 6.45) is 1.56. The first-order valence-corrected chi connectivity index (χ1v) is 6.26. The van der Waals surface area contributed by atoms with Crippen LogP contribution in [-0.2, 0) is 0 Å². The van der Waals surface area contributed by atoms with Gasteiger partial charge in [-0.3, -0.25) is 4.79 Å². The number of hydrogen-bond acceptors (Lipinski definition) is 3. The van der Waals surface area contributed by atoms with Gasteiger partial charge in [0.1, 0.15) is 11.6 Å². The lowest BCUT2D eigenvalue weighted by Crippen LogP contribution is -2.45. The van der Waals surface area contributed by atoms with E-state index in [1.165, 1.54) is 4.90 Å². The van der Waals surface area contributed by atoms with Crippen LogP contribution in [0.15, 0.2) is 18.2 Å². The number of amides is 1. The summed E-state index contributed by atoms with van der Waals surface area (Å²) in [6.45, 7) is -2.27. The SMILES string of the molecule is NC1CCCN(C(=O)c2ccc(F)cc2OC(F)F)C1. The number of halogens is 3. The summed E-state index contributed by atoms with van der Waals surface area (Å²) >= 11 is 0. The number of alkyl halides is 2.